The van der Waals surface area contributed by atoms with Gasteiger partial charge >= 0.3 is 5.97 Å². The number of rotatable bonds is 2. The third-order valence-corrected chi connectivity index (χ3v) is 4.16. The highest BCUT2D eigenvalue weighted by molar-refractivity contribution is 5.85. The first-order chi connectivity index (χ1) is 10.7. The van der Waals surface area contributed by atoms with Crippen LogP contribution in [0.25, 0.3) is 0 Å². The van der Waals surface area contributed by atoms with Crippen molar-refractivity contribution < 1.29 is 14.3 Å². The third-order valence-electron chi connectivity index (χ3n) is 4.16. The van der Waals surface area contributed by atoms with E-state index in [0.29, 0.717) is 17.8 Å². The molecule has 4 nitrogen and oxygen atoms in total. The molecule has 0 heterocycles. The molecule has 2 N–H and O–H groups in total. The number of hydrogen-bond donors (Lipinski definition) is 1. The van der Waals surface area contributed by atoms with Crippen molar-refractivity contribution in [3.63, 3.8) is 0 Å². The van der Waals surface area contributed by atoms with E-state index in [-0.39, 0.29) is 24.3 Å². The molecule has 1 atom stereocenters. The van der Waals surface area contributed by atoms with Gasteiger partial charge in [0.2, 0.25) is 0 Å². The van der Waals surface area contributed by atoms with Gasteiger partial charge in [0.1, 0.15) is 11.7 Å². The van der Waals surface area contributed by atoms with E-state index in [4.69, 9.17) is 10.5 Å². The van der Waals surface area contributed by atoms with Crippen LogP contribution in [0.5, 0.6) is 0 Å². The molecule has 0 saturated carbocycles. The lowest BCUT2D eigenvalue weighted by atomic mass is 9.82. The summed E-state index contributed by atoms with van der Waals surface area (Å²) in [5.41, 5.74) is 9.09. The monoisotopic (exact) mass is 331 g/mol. The van der Waals surface area contributed by atoms with E-state index >= 15 is 0 Å². The van der Waals surface area contributed by atoms with Gasteiger partial charge in [-0.25, -0.2) is 4.79 Å². The van der Waals surface area contributed by atoms with Crippen LogP contribution in [-0.2, 0) is 20.7 Å². The quantitative estimate of drug-likeness (QED) is 0.513. The van der Waals surface area contributed by atoms with Gasteiger partial charge in [-0.05, 0) is 42.5 Å². The van der Waals surface area contributed by atoms with Crippen molar-refractivity contribution in [2.75, 3.05) is 5.73 Å². The van der Waals surface area contributed by atoms with Crippen LogP contribution in [0.2, 0.25) is 0 Å². The van der Waals surface area contributed by atoms with E-state index in [1.54, 1.807) is 12.2 Å². The van der Waals surface area contributed by atoms with Crippen molar-refractivity contribution >= 4 is 30.0 Å². The van der Waals surface area contributed by atoms with E-state index in [9.17, 15) is 9.59 Å². The third kappa shape index (κ3) is 3.39. The summed E-state index contributed by atoms with van der Waals surface area (Å²) >= 11 is 0. The number of allylic oxidation sites excluding steroid dienone is 4. The highest BCUT2D eigenvalue weighted by Gasteiger charge is 2.30. The lowest BCUT2D eigenvalue weighted by Gasteiger charge is -2.25. The summed E-state index contributed by atoms with van der Waals surface area (Å²) in [5.74, 6) is 1.49. The lowest BCUT2D eigenvalue weighted by Crippen LogP contribution is -2.22. The lowest BCUT2D eigenvalue weighted by molar-refractivity contribution is -0.141. The summed E-state index contributed by atoms with van der Waals surface area (Å²) in [6.45, 7) is 0. The largest absolute Gasteiger partial charge is 0.425 e. The molecule has 1 unspecified atom stereocenters. The van der Waals surface area contributed by atoms with Gasteiger partial charge in [0.25, 0.3) is 0 Å². The predicted molar refractivity (Wildman–Crippen MR) is 90.9 cm³/mol. The molecule has 0 aromatic heterocycles. The van der Waals surface area contributed by atoms with Gasteiger partial charge in [-0.15, -0.1) is 12.4 Å². The Morgan fingerprint density at radius 1 is 1.35 bits per heavy atom. The Morgan fingerprint density at radius 3 is 2.96 bits per heavy atom. The van der Waals surface area contributed by atoms with Gasteiger partial charge in [-0.2, -0.15) is 0 Å². The first-order valence-electron chi connectivity index (χ1n) is 7.41. The number of nitrogens with two attached hydrogens (primary N) is 1. The molecule has 0 fully saturated rings. The number of benzene rings is 1. The standard InChI is InChI=1S/C18H17NO3.ClH/c19-16-9-4-6-13-14(16)7-3-8-15(13)18(21)22-17-10-2-1-5-12(17)11-20;/h1-2,4,6,9-10,15H,3,5,7-8,19H2;1H. The maximum Gasteiger partial charge on any atom is 0.318 e. The molecule has 5 heteroatoms. The number of fused-ring (bicyclic) bond motifs is 1. The normalized spacial score (nSPS) is 19.0. The number of carbonyl (C=O) groups is 1. The summed E-state index contributed by atoms with van der Waals surface area (Å²) in [5, 5.41) is 0. The van der Waals surface area contributed by atoms with Crippen molar-refractivity contribution in [3.8, 4) is 0 Å². The molecule has 0 amide bonds. The molecule has 1 aromatic carbocycles. The molecule has 120 valence electrons. The van der Waals surface area contributed by atoms with Gasteiger partial charge in [0.15, 0.2) is 0 Å². The minimum absolute atomic E-state index is 0. The summed E-state index contributed by atoms with van der Waals surface area (Å²) in [4.78, 5) is 23.5. The van der Waals surface area contributed by atoms with E-state index < -0.39 is 0 Å². The Labute approximate surface area is 141 Å². The molecule has 23 heavy (non-hydrogen) atoms. The molecule has 0 saturated heterocycles. The SMILES string of the molecule is Cl.Nc1cccc2c1CCCC2C(=O)OC1=CC=CCC1=C=O. The zero-order chi connectivity index (χ0) is 15.5. The van der Waals surface area contributed by atoms with Crippen molar-refractivity contribution in [2.45, 2.75) is 31.6 Å². The number of nitrogen functional groups attached to an aromatic ring is 1. The fourth-order valence-corrected chi connectivity index (χ4v) is 3.03. The van der Waals surface area contributed by atoms with Crippen LogP contribution in [0.15, 0.2) is 47.8 Å². The minimum Gasteiger partial charge on any atom is -0.425 e. The first kappa shape index (κ1) is 17.1. The van der Waals surface area contributed by atoms with Crippen LogP contribution < -0.4 is 5.73 Å². The summed E-state index contributed by atoms with van der Waals surface area (Å²) in [6.07, 6.45) is 8.19. The van der Waals surface area contributed by atoms with Crippen molar-refractivity contribution in [2.24, 2.45) is 0 Å². The summed E-state index contributed by atoms with van der Waals surface area (Å²) < 4.78 is 5.46. The maximum absolute atomic E-state index is 12.5. The van der Waals surface area contributed by atoms with Crippen LogP contribution in [0, 0.1) is 0 Å². The second-order valence-corrected chi connectivity index (χ2v) is 5.52. The molecule has 0 spiro atoms. The van der Waals surface area contributed by atoms with Crippen LogP contribution in [0.4, 0.5) is 5.69 Å². The van der Waals surface area contributed by atoms with Crippen LogP contribution in [0.3, 0.4) is 0 Å². The molecular weight excluding hydrogens is 314 g/mol. The van der Waals surface area contributed by atoms with E-state index in [1.165, 1.54) is 0 Å². The Bertz CT molecular complexity index is 730. The molecule has 2 aliphatic carbocycles. The average molecular weight is 332 g/mol. The second-order valence-electron chi connectivity index (χ2n) is 5.52. The zero-order valence-electron chi connectivity index (χ0n) is 12.6. The van der Waals surface area contributed by atoms with Gasteiger partial charge in [-0.3, -0.25) is 4.79 Å². The molecule has 3 rings (SSSR count). The van der Waals surface area contributed by atoms with Crippen LogP contribution in [-0.4, -0.2) is 11.9 Å². The van der Waals surface area contributed by atoms with Gasteiger partial charge < -0.3 is 10.5 Å². The van der Waals surface area contributed by atoms with Gasteiger partial charge in [-0.1, -0.05) is 24.3 Å². The minimum atomic E-state index is -0.333. The van der Waals surface area contributed by atoms with Crippen molar-refractivity contribution in [1.82, 2.24) is 0 Å². The van der Waals surface area contributed by atoms with Crippen LogP contribution >= 0.6 is 12.4 Å². The number of ether oxygens (including phenoxy) is 1. The Balaban J connectivity index is 0.00000192. The summed E-state index contributed by atoms with van der Waals surface area (Å²) in [7, 11) is 0. The average Bonchev–Trinajstić information content (AvgIpc) is 2.55. The molecular formula is C18H18ClNO3. The van der Waals surface area contributed by atoms with Crippen molar-refractivity contribution in [3.05, 3.63) is 58.9 Å². The van der Waals surface area contributed by atoms with E-state index in [2.05, 4.69) is 0 Å². The highest BCUT2D eigenvalue weighted by Crippen LogP contribution is 2.36. The van der Waals surface area contributed by atoms with Gasteiger partial charge in [0.05, 0.1) is 11.5 Å². The molecule has 0 aliphatic heterocycles. The Hall–Kier alpha value is -2.29. The maximum atomic E-state index is 12.5. The number of hydrogen-bond acceptors (Lipinski definition) is 4. The van der Waals surface area contributed by atoms with Crippen molar-refractivity contribution in [1.29, 1.82) is 0 Å². The fourth-order valence-electron chi connectivity index (χ4n) is 3.03. The molecule has 0 bridgehead atoms. The van der Waals surface area contributed by atoms with Crippen LogP contribution in [0.1, 0.15) is 36.3 Å². The molecule has 1 aromatic rings. The Morgan fingerprint density at radius 2 is 2.17 bits per heavy atom. The van der Waals surface area contributed by atoms with E-state index in [1.807, 2.05) is 30.2 Å². The summed E-state index contributed by atoms with van der Waals surface area (Å²) in [6, 6.07) is 5.65. The zero-order valence-corrected chi connectivity index (χ0v) is 13.4. The number of halogens is 1. The Kier molecular flexibility index (Phi) is 5.43. The highest BCUT2D eigenvalue weighted by atomic mass is 35.5. The predicted octanol–water partition coefficient (Wildman–Crippen LogP) is 3.26. The fraction of sp³-hybridized carbons (Fsp3) is 0.278. The smallest absolute Gasteiger partial charge is 0.318 e. The number of anilines is 1. The molecule has 0 radical (unpaired) electrons. The topological polar surface area (TPSA) is 69.4 Å². The molecule has 2 aliphatic rings. The van der Waals surface area contributed by atoms with Gasteiger partial charge in [0, 0.05) is 12.1 Å². The first-order valence-corrected chi connectivity index (χ1v) is 7.41. The number of carbonyl (C=O) groups excluding carboxylic acids is 2. The van der Waals surface area contributed by atoms with E-state index in [0.717, 1.165) is 36.1 Å². The second kappa shape index (κ2) is 7.32. The number of esters is 1.